The second-order valence-corrected chi connectivity index (χ2v) is 4.38. The predicted octanol–water partition coefficient (Wildman–Crippen LogP) is 2.29. The molecule has 0 radical (unpaired) electrons. The van der Waals surface area contributed by atoms with E-state index in [1.165, 1.54) is 5.56 Å². The zero-order chi connectivity index (χ0) is 13.0. The molecule has 3 nitrogen and oxygen atoms in total. The zero-order valence-corrected chi connectivity index (χ0v) is 10.6. The van der Waals surface area contributed by atoms with Crippen LogP contribution in [0, 0.1) is 0 Å². The molecule has 0 aliphatic carbocycles. The number of hydrogen-bond acceptors (Lipinski definition) is 2. The van der Waals surface area contributed by atoms with Crippen molar-refractivity contribution in [3.63, 3.8) is 0 Å². The summed E-state index contributed by atoms with van der Waals surface area (Å²) in [5.74, 6) is 0.0566. The molecular formula is C15H18N2O. The summed E-state index contributed by atoms with van der Waals surface area (Å²) in [6.07, 6.45) is 7.98. The van der Waals surface area contributed by atoms with E-state index in [2.05, 4.69) is 0 Å². The topological polar surface area (TPSA) is 46.3 Å². The van der Waals surface area contributed by atoms with Crippen molar-refractivity contribution in [3.05, 3.63) is 53.6 Å². The van der Waals surface area contributed by atoms with E-state index in [1.807, 2.05) is 42.2 Å². The Balaban J connectivity index is 2.10. The standard InChI is InChI=1S/C15H18N2O/c1-2-3-4-8-15(18)17-10-9-13-12(11-17)6-5-7-14(13)16/h2-8H,9-11,16H2,1H3. The molecule has 0 bridgehead atoms. The number of hydrogen-bond donors (Lipinski definition) is 1. The Morgan fingerprint density at radius 2 is 2.22 bits per heavy atom. The Kier molecular flexibility index (Phi) is 3.82. The number of anilines is 1. The van der Waals surface area contributed by atoms with Crippen molar-refractivity contribution in [2.75, 3.05) is 12.3 Å². The summed E-state index contributed by atoms with van der Waals surface area (Å²) in [4.78, 5) is 13.8. The van der Waals surface area contributed by atoms with Gasteiger partial charge in [0.05, 0.1) is 0 Å². The molecular weight excluding hydrogens is 224 g/mol. The maximum absolute atomic E-state index is 11.9. The number of fused-ring (bicyclic) bond motifs is 1. The molecule has 94 valence electrons. The van der Waals surface area contributed by atoms with Gasteiger partial charge in [0.25, 0.3) is 0 Å². The van der Waals surface area contributed by atoms with E-state index in [0.717, 1.165) is 24.2 Å². The monoisotopic (exact) mass is 242 g/mol. The van der Waals surface area contributed by atoms with Gasteiger partial charge < -0.3 is 10.6 Å². The van der Waals surface area contributed by atoms with Gasteiger partial charge in [0.15, 0.2) is 0 Å². The van der Waals surface area contributed by atoms with Gasteiger partial charge in [-0.2, -0.15) is 0 Å². The molecule has 18 heavy (non-hydrogen) atoms. The summed E-state index contributed by atoms with van der Waals surface area (Å²) in [6.45, 7) is 3.31. The van der Waals surface area contributed by atoms with Gasteiger partial charge in [0.1, 0.15) is 0 Å². The molecule has 2 N–H and O–H groups in total. The highest BCUT2D eigenvalue weighted by Gasteiger charge is 2.19. The minimum atomic E-state index is 0.0566. The molecule has 0 unspecified atom stereocenters. The number of carbonyl (C=O) groups is 1. The Bertz CT molecular complexity index is 503. The van der Waals surface area contributed by atoms with Gasteiger partial charge in [-0.1, -0.05) is 30.4 Å². The Hall–Kier alpha value is -2.03. The number of nitrogens with zero attached hydrogens (tertiary/aromatic N) is 1. The molecule has 1 aliphatic rings. The van der Waals surface area contributed by atoms with Crippen LogP contribution >= 0.6 is 0 Å². The van der Waals surface area contributed by atoms with Crippen LogP contribution < -0.4 is 5.73 Å². The highest BCUT2D eigenvalue weighted by atomic mass is 16.2. The summed E-state index contributed by atoms with van der Waals surface area (Å²) in [5, 5.41) is 0. The third kappa shape index (κ3) is 2.62. The molecule has 1 amide bonds. The quantitative estimate of drug-likeness (QED) is 0.491. The minimum Gasteiger partial charge on any atom is -0.398 e. The summed E-state index contributed by atoms with van der Waals surface area (Å²) in [5.41, 5.74) is 9.13. The van der Waals surface area contributed by atoms with Gasteiger partial charge in [-0.05, 0) is 30.5 Å². The number of rotatable bonds is 2. The third-order valence-corrected chi connectivity index (χ3v) is 3.16. The maximum Gasteiger partial charge on any atom is 0.246 e. The first-order valence-electron chi connectivity index (χ1n) is 6.17. The first-order valence-corrected chi connectivity index (χ1v) is 6.17. The summed E-state index contributed by atoms with van der Waals surface area (Å²) < 4.78 is 0. The Morgan fingerprint density at radius 3 is 3.00 bits per heavy atom. The van der Waals surface area contributed by atoms with E-state index in [9.17, 15) is 4.79 Å². The van der Waals surface area contributed by atoms with Gasteiger partial charge in [-0.15, -0.1) is 0 Å². The Morgan fingerprint density at radius 1 is 1.39 bits per heavy atom. The van der Waals surface area contributed by atoms with Crippen molar-refractivity contribution >= 4 is 11.6 Å². The van der Waals surface area contributed by atoms with Crippen molar-refractivity contribution in [2.45, 2.75) is 19.9 Å². The molecule has 1 aromatic rings. The van der Waals surface area contributed by atoms with Gasteiger partial charge in [-0.3, -0.25) is 4.79 Å². The number of benzene rings is 1. The van der Waals surface area contributed by atoms with Gasteiger partial charge in [0, 0.05) is 24.9 Å². The molecule has 0 saturated carbocycles. The zero-order valence-electron chi connectivity index (χ0n) is 10.6. The number of nitrogens with two attached hydrogens (primary N) is 1. The average Bonchev–Trinajstić information content (AvgIpc) is 2.39. The van der Waals surface area contributed by atoms with Crippen LogP contribution in [0.5, 0.6) is 0 Å². The fraction of sp³-hybridized carbons (Fsp3) is 0.267. The van der Waals surface area contributed by atoms with Crippen molar-refractivity contribution in [1.82, 2.24) is 4.90 Å². The van der Waals surface area contributed by atoms with Gasteiger partial charge >= 0.3 is 0 Å². The smallest absolute Gasteiger partial charge is 0.246 e. The summed E-state index contributed by atoms with van der Waals surface area (Å²) in [7, 11) is 0. The fourth-order valence-electron chi connectivity index (χ4n) is 2.18. The van der Waals surface area contributed by atoms with Crippen LogP contribution in [0.4, 0.5) is 5.69 Å². The first kappa shape index (κ1) is 12.4. The molecule has 3 heteroatoms. The highest BCUT2D eigenvalue weighted by molar-refractivity contribution is 5.88. The number of amides is 1. The van der Waals surface area contributed by atoms with Crippen LogP contribution in [-0.4, -0.2) is 17.4 Å². The average molecular weight is 242 g/mol. The lowest BCUT2D eigenvalue weighted by Gasteiger charge is -2.28. The Labute approximate surface area is 108 Å². The summed E-state index contributed by atoms with van der Waals surface area (Å²) >= 11 is 0. The van der Waals surface area contributed by atoms with Crippen LogP contribution in [0.1, 0.15) is 18.1 Å². The van der Waals surface area contributed by atoms with E-state index in [4.69, 9.17) is 5.73 Å². The van der Waals surface area contributed by atoms with Crippen LogP contribution in [-0.2, 0) is 17.8 Å². The SMILES string of the molecule is CC=CC=CC(=O)N1CCc2c(N)cccc2C1. The van der Waals surface area contributed by atoms with Crippen LogP contribution in [0.3, 0.4) is 0 Å². The molecule has 1 aromatic carbocycles. The normalized spacial score (nSPS) is 15.3. The molecule has 0 saturated heterocycles. The van der Waals surface area contributed by atoms with E-state index < -0.39 is 0 Å². The largest absolute Gasteiger partial charge is 0.398 e. The maximum atomic E-state index is 11.9. The first-order chi connectivity index (χ1) is 8.72. The second kappa shape index (κ2) is 5.54. The lowest BCUT2D eigenvalue weighted by atomic mass is 9.98. The molecule has 1 heterocycles. The molecule has 2 rings (SSSR count). The van der Waals surface area contributed by atoms with Crippen molar-refractivity contribution in [1.29, 1.82) is 0 Å². The number of nitrogen functional groups attached to an aromatic ring is 1. The number of allylic oxidation sites excluding steroid dienone is 3. The van der Waals surface area contributed by atoms with E-state index >= 15 is 0 Å². The molecule has 0 fully saturated rings. The van der Waals surface area contributed by atoms with Crippen molar-refractivity contribution in [2.24, 2.45) is 0 Å². The highest BCUT2D eigenvalue weighted by Crippen LogP contribution is 2.24. The fourth-order valence-corrected chi connectivity index (χ4v) is 2.18. The van der Waals surface area contributed by atoms with Crippen molar-refractivity contribution < 1.29 is 4.79 Å². The summed E-state index contributed by atoms with van der Waals surface area (Å²) in [6, 6.07) is 5.90. The van der Waals surface area contributed by atoms with E-state index in [0.29, 0.717) is 6.54 Å². The molecule has 0 atom stereocenters. The van der Waals surface area contributed by atoms with E-state index in [-0.39, 0.29) is 5.91 Å². The molecule has 0 aromatic heterocycles. The third-order valence-electron chi connectivity index (χ3n) is 3.16. The van der Waals surface area contributed by atoms with Crippen molar-refractivity contribution in [3.8, 4) is 0 Å². The predicted molar refractivity (Wildman–Crippen MR) is 73.9 cm³/mol. The van der Waals surface area contributed by atoms with Crippen LogP contribution in [0.15, 0.2) is 42.5 Å². The van der Waals surface area contributed by atoms with Gasteiger partial charge in [0.2, 0.25) is 5.91 Å². The van der Waals surface area contributed by atoms with Crippen LogP contribution in [0.25, 0.3) is 0 Å². The van der Waals surface area contributed by atoms with Crippen LogP contribution in [0.2, 0.25) is 0 Å². The number of carbonyl (C=O) groups excluding carboxylic acids is 1. The lowest BCUT2D eigenvalue weighted by molar-refractivity contribution is -0.126. The lowest BCUT2D eigenvalue weighted by Crippen LogP contribution is -2.35. The minimum absolute atomic E-state index is 0.0566. The van der Waals surface area contributed by atoms with Gasteiger partial charge in [-0.25, -0.2) is 0 Å². The molecule has 0 spiro atoms. The molecule has 1 aliphatic heterocycles. The second-order valence-electron chi connectivity index (χ2n) is 4.38. The van der Waals surface area contributed by atoms with E-state index in [1.54, 1.807) is 12.2 Å².